The minimum Gasteiger partial charge on any atom is -0.486 e. The van der Waals surface area contributed by atoms with Gasteiger partial charge in [0.05, 0.1) is 6.54 Å². The summed E-state index contributed by atoms with van der Waals surface area (Å²) >= 11 is 0. The number of carbonyl (C=O) groups excluding carboxylic acids is 1. The van der Waals surface area contributed by atoms with Gasteiger partial charge in [0.1, 0.15) is 6.61 Å². The van der Waals surface area contributed by atoms with Gasteiger partial charge in [0.2, 0.25) is 0 Å². The molecule has 2 heterocycles. The molecule has 0 spiro atoms. The Balaban J connectivity index is 1.32. The molecule has 2 aromatic rings. The molecule has 23 heavy (non-hydrogen) atoms. The van der Waals surface area contributed by atoms with Gasteiger partial charge in [0, 0.05) is 25.5 Å². The maximum Gasteiger partial charge on any atom is 0.314 e. The fourth-order valence-corrected chi connectivity index (χ4v) is 2.31. The van der Waals surface area contributed by atoms with Crippen LogP contribution >= 0.6 is 0 Å². The summed E-state index contributed by atoms with van der Waals surface area (Å²) in [6, 6.07) is 9.20. The molecule has 0 radical (unpaired) electrons. The third-order valence-electron chi connectivity index (χ3n) is 3.47. The zero-order chi connectivity index (χ0) is 15.9. The molecule has 0 saturated carbocycles. The molecule has 2 N–H and O–H groups in total. The van der Waals surface area contributed by atoms with E-state index >= 15 is 0 Å². The first-order valence-corrected chi connectivity index (χ1v) is 7.69. The summed E-state index contributed by atoms with van der Waals surface area (Å²) in [5, 5.41) is 9.72. The van der Waals surface area contributed by atoms with Crippen LogP contribution in [0.2, 0.25) is 0 Å². The summed E-state index contributed by atoms with van der Waals surface area (Å²) in [5.74, 6) is 1.46. The van der Waals surface area contributed by atoms with Gasteiger partial charge in [-0.05, 0) is 24.6 Å². The fourth-order valence-electron chi connectivity index (χ4n) is 2.31. The van der Waals surface area contributed by atoms with E-state index in [2.05, 4.69) is 15.7 Å². The monoisotopic (exact) mass is 316 g/mol. The van der Waals surface area contributed by atoms with Gasteiger partial charge < -0.3 is 20.1 Å². The van der Waals surface area contributed by atoms with Crippen LogP contribution in [0, 0.1) is 0 Å². The topological polar surface area (TPSA) is 77.4 Å². The van der Waals surface area contributed by atoms with E-state index in [1.54, 1.807) is 6.20 Å². The van der Waals surface area contributed by atoms with E-state index in [4.69, 9.17) is 9.47 Å². The highest BCUT2D eigenvalue weighted by atomic mass is 16.6. The molecule has 3 rings (SSSR count). The van der Waals surface area contributed by atoms with E-state index in [1.165, 1.54) is 0 Å². The van der Waals surface area contributed by atoms with Gasteiger partial charge in [-0.2, -0.15) is 5.10 Å². The van der Waals surface area contributed by atoms with Crippen molar-refractivity contribution >= 4 is 6.03 Å². The quantitative estimate of drug-likeness (QED) is 0.790. The van der Waals surface area contributed by atoms with Gasteiger partial charge in [-0.15, -0.1) is 0 Å². The maximum absolute atomic E-state index is 11.8. The van der Waals surface area contributed by atoms with Crippen LogP contribution in [0.5, 0.6) is 11.5 Å². The second kappa shape index (κ2) is 7.53. The lowest BCUT2D eigenvalue weighted by atomic mass is 10.2. The van der Waals surface area contributed by atoms with E-state index in [9.17, 15) is 4.79 Å². The Morgan fingerprint density at radius 1 is 1.26 bits per heavy atom. The zero-order valence-corrected chi connectivity index (χ0v) is 12.8. The SMILES string of the molecule is O=C(NCCCn1cccn1)NCC1COc2ccccc2O1. The Bertz CT molecular complexity index is 630. The molecule has 7 heteroatoms. The van der Waals surface area contributed by atoms with Gasteiger partial charge >= 0.3 is 6.03 Å². The molecule has 0 bridgehead atoms. The molecule has 0 saturated heterocycles. The zero-order valence-electron chi connectivity index (χ0n) is 12.8. The van der Waals surface area contributed by atoms with E-state index < -0.39 is 0 Å². The summed E-state index contributed by atoms with van der Waals surface area (Å²) in [7, 11) is 0. The molecular formula is C16H20N4O3. The van der Waals surface area contributed by atoms with Crippen LogP contribution < -0.4 is 20.1 Å². The third kappa shape index (κ3) is 4.38. The summed E-state index contributed by atoms with van der Waals surface area (Å²) < 4.78 is 13.2. The minimum absolute atomic E-state index is 0.181. The number of aromatic nitrogens is 2. The minimum atomic E-state index is -0.201. The number of rotatable bonds is 6. The van der Waals surface area contributed by atoms with Crippen LogP contribution in [-0.2, 0) is 6.54 Å². The van der Waals surface area contributed by atoms with E-state index in [1.807, 2.05) is 41.2 Å². The van der Waals surface area contributed by atoms with Crippen molar-refractivity contribution in [2.75, 3.05) is 19.7 Å². The summed E-state index contributed by atoms with van der Waals surface area (Å²) in [6.07, 6.45) is 4.29. The number of nitrogens with one attached hydrogen (secondary N) is 2. The largest absolute Gasteiger partial charge is 0.486 e. The Morgan fingerprint density at radius 3 is 2.96 bits per heavy atom. The van der Waals surface area contributed by atoms with Gasteiger partial charge in [-0.1, -0.05) is 12.1 Å². The summed E-state index contributed by atoms with van der Waals surface area (Å²) in [5.41, 5.74) is 0. The van der Waals surface area contributed by atoms with Crippen LogP contribution in [0.25, 0.3) is 0 Å². The number of fused-ring (bicyclic) bond motifs is 1. The first-order valence-electron chi connectivity index (χ1n) is 7.69. The second-order valence-corrected chi connectivity index (χ2v) is 5.26. The van der Waals surface area contributed by atoms with Crippen molar-refractivity contribution in [2.24, 2.45) is 0 Å². The van der Waals surface area contributed by atoms with E-state index in [-0.39, 0.29) is 12.1 Å². The van der Waals surface area contributed by atoms with E-state index in [0.29, 0.717) is 25.4 Å². The molecule has 1 unspecified atom stereocenters. The Kier molecular flexibility index (Phi) is 4.98. The first kappa shape index (κ1) is 15.2. The van der Waals surface area contributed by atoms with Crippen molar-refractivity contribution in [1.29, 1.82) is 0 Å². The molecule has 0 fully saturated rings. The maximum atomic E-state index is 11.8. The molecule has 1 aromatic heterocycles. The van der Waals surface area contributed by atoms with Crippen LogP contribution in [0.15, 0.2) is 42.7 Å². The average molecular weight is 316 g/mol. The van der Waals surface area contributed by atoms with Crippen LogP contribution in [0.3, 0.4) is 0 Å². The highest BCUT2D eigenvalue weighted by Crippen LogP contribution is 2.30. The van der Waals surface area contributed by atoms with Crippen molar-refractivity contribution in [2.45, 2.75) is 19.1 Å². The Morgan fingerprint density at radius 2 is 2.13 bits per heavy atom. The fraction of sp³-hybridized carbons (Fsp3) is 0.375. The molecule has 122 valence electrons. The number of para-hydroxylation sites is 2. The van der Waals surface area contributed by atoms with E-state index in [0.717, 1.165) is 18.7 Å². The molecule has 1 aromatic carbocycles. The first-order chi connectivity index (χ1) is 11.3. The van der Waals surface area contributed by atoms with Gasteiger partial charge in [0.15, 0.2) is 17.6 Å². The van der Waals surface area contributed by atoms with Crippen molar-refractivity contribution < 1.29 is 14.3 Å². The van der Waals surface area contributed by atoms with Crippen LogP contribution in [0.4, 0.5) is 4.79 Å². The lowest BCUT2D eigenvalue weighted by Crippen LogP contribution is -2.44. The van der Waals surface area contributed by atoms with Crippen molar-refractivity contribution in [1.82, 2.24) is 20.4 Å². The standard InChI is InChI=1S/C16H20N4O3/c21-16(17-7-3-9-20-10-4-8-19-20)18-11-13-12-22-14-5-1-2-6-15(14)23-13/h1-2,4-6,8,10,13H,3,7,9,11-12H2,(H2,17,18,21). The predicted octanol–water partition coefficient (Wildman–Crippen LogP) is 1.41. The normalized spacial score (nSPS) is 15.9. The third-order valence-corrected chi connectivity index (χ3v) is 3.47. The number of ether oxygens (including phenoxy) is 2. The summed E-state index contributed by atoms with van der Waals surface area (Å²) in [6.45, 7) is 2.20. The molecule has 1 aliphatic heterocycles. The smallest absolute Gasteiger partial charge is 0.314 e. The second-order valence-electron chi connectivity index (χ2n) is 5.26. The molecule has 1 aliphatic rings. The number of benzene rings is 1. The highest BCUT2D eigenvalue weighted by Gasteiger charge is 2.20. The number of urea groups is 1. The number of hydrogen-bond acceptors (Lipinski definition) is 4. The van der Waals surface area contributed by atoms with Crippen LogP contribution in [-0.4, -0.2) is 41.6 Å². The van der Waals surface area contributed by atoms with Gasteiger partial charge in [-0.25, -0.2) is 4.79 Å². The van der Waals surface area contributed by atoms with Crippen molar-refractivity contribution in [3.05, 3.63) is 42.7 Å². The molecule has 0 aliphatic carbocycles. The number of hydrogen-bond donors (Lipinski definition) is 2. The van der Waals surface area contributed by atoms with Crippen molar-refractivity contribution in [3.63, 3.8) is 0 Å². The molecule has 7 nitrogen and oxygen atoms in total. The Hall–Kier alpha value is -2.70. The van der Waals surface area contributed by atoms with Crippen LogP contribution in [0.1, 0.15) is 6.42 Å². The number of aryl methyl sites for hydroxylation is 1. The highest BCUT2D eigenvalue weighted by molar-refractivity contribution is 5.73. The number of amides is 2. The Labute approximate surface area is 134 Å². The molecule has 1 atom stereocenters. The predicted molar refractivity (Wildman–Crippen MR) is 84.6 cm³/mol. The average Bonchev–Trinajstić information content (AvgIpc) is 3.10. The molecule has 2 amide bonds. The van der Waals surface area contributed by atoms with Gasteiger partial charge in [0.25, 0.3) is 0 Å². The van der Waals surface area contributed by atoms with Gasteiger partial charge in [-0.3, -0.25) is 4.68 Å². The lowest BCUT2D eigenvalue weighted by Gasteiger charge is -2.26. The van der Waals surface area contributed by atoms with Crippen molar-refractivity contribution in [3.8, 4) is 11.5 Å². The number of carbonyl (C=O) groups is 1. The molecular weight excluding hydrogens is 296 g/mol. The summed E-state index contributed by atoms with van der Waals surface area (Å²) in [4.78, 5) is 11.8. The lowest BCUT2D eigenvalue weighted by molar-refractivity contribution is 0.0918. The number of nitrogens with zero attached hydrogens (tertiary/aromatic N) is 2.